The van der Waals surface area contributed by atoms with E-state index in [1.807, 2.05) is 0 Å². The molecule has 0 saturated heterocycles. The summed E-state index contributed by atoms with van der Waals surface area (Å²) in [4.78, 5) is 28.3. The fourth-order valence-electron chi connectivity index (χ4n) is 2.82. The lowest BCUT2D eigenvalue weighted by Gasteiger charge is -2.17. The highest BCUT2D eigenvalue weighted by atomic mass is 35.5. The standard InChI is InChI=1S/C20H15ClF2N2O2/c1-25-11-13(5-7-19(25)27)18(26)10-14(20-16(22)3-2-8-24-20)12-4-6-15(21)17(23)9-12/h2-9,11,14H,10H2,1H3/t14-/m0/s1. The van der Waals surface area contributed by atoms with Crippen LogP contribution in [0.3, 0.4) is 0 Å². The average molecular weight is 389 g/mol. The molecule has 3 rings (SSSR count). The second-order valence-electron chi connectivity index (χ2n) is 6.09. The van der Waals surface area contributed by atoms with E-state index in [2.05, 4.69) is 4.98 Å². The molecular weight excluding hydrogens is 374 g/mol. The Balaban J connectivity index is 2.03. The molecule has 0 saturated carbocycles. The number of nitrogens with zero attached hydrogens (tertiary/aromatic N) is 2. The smallest absolute Gasteiger partial charge is 0.250 e. The summed E-state index contributed by atoms with van der Waals surface area (Å²) in [5, 5.41) is -0.0663. The molecule has 0 aliphatic carbocycles. The number of Topliss-reactive ketones (excluding diaryl/α,β-unsaturated/α-hetero) is 1. The number of ketones is 1. The molecule has 1 atom stereocenters. The molecule has 27 heavy (non-hydrogen) atoms. The lowest BCUT2D eigenvalue weighted by Crippen LogP contribution is -2.18. The zero-order valence-electron chi connectivity index (χ0n) is 14.3. The third kappa shape index (κ3) is 4.11. The van der Waals surface area contributed by atoms with E-state index in [0.717, 1.165) is 0 Å². The molecule has 0 unspecified atom stereocenters. The second kappa shape index (κ2) is 7.80. The van der Waals surface area contributed by atoms with Crippen LogP contribution in [0.5, 0.6) is 0 Å². The maximum atomic E-state index is 14.3. The molecule has 2 aromatic heterocycles. The third-order valence-electron chi connectivity index (χ3n) is 4.26. The van der Waals surface area contributed by atoms with Crippen LogP contribution in [0.25, 0.3) is 0 Å². The van der Waals surface area contributed by atoms with Crippen molar-refractivity contribution >= 4 is 17.4 Å². The topological polar surface area (TPSA) is 52.0 Å². The van der Waals surface area contributed by atoms with Crippen molar-refractivity contribution in [2.45, 2.75) is 12.3 Å². The maximum Gasteiger partial charge on any atom is 0.250 e. The number of benzene rings is 1. The van der Waals surface area contributed by atoms with E-state index < -0.39 is 17.6 Å². The molecule has 1 aromatic carbocycles. The molecule has 0 aliphatic heterocycles. The Morgan fingerprint density at radius 2 is 1.96 bits per heavy atom. The zero-order valence-corrected chi connectivity index (χ0v) is 15.1. The molecule has 0 bridgehead atoms. The van der Waals surface area contributed by atoms with Gasteiger partial charge in [-0.05, 0) is 35.9 Å². The lowest BCUT2D eigenvalue weighted by atomic mass is 9.88. The molecule has 0 radical (unpaired) electrons. The van der Waals surface area contributed by atoms with Gasteiger partial charge < -0.3 is 4.57 Å². The highest BCUT2D eigenvalue weighted by Crippen LogP contribution is 2.31. The average Bonchev–Trinajstić information content (AvgIpc) is 2.65. The summed E-state index contributed by atoms with van der Waals surface area (Å²) < 4.78 is 29.6. The molecule has 138 valence electrons. The highest BCUT2D eigenvalue weighted by Gasteiger charge is 2.24. The van der Waals surface area contributed by atoms with Gasteiger partial charge in [0.25, 0.3) is 0 Å². The summed E-state index contributed by atoms with van der Waals surface area (Å²) in [7, 11) is 1.53. The SMILES string of the molecule is Cn1cc(C(=O)C[C@@H](c2ccc(Cl)c(F)c2)c2ncccc2F)ccc1=O. The van der Waals surface area contributed by atoms with Crippen LogP contribution in [0.1, 0.15) is 34.0 Å². The van der Waals surface area contributed by atoms with Crippen molar-refractivity contribution in [2.75, 3.05) is 0 Å². The number of carbonyl (C=O) groups excluding carboxylic acids is 1. The van der Waals surface area contributed by atoms with E-state index >= 15 is 0 Å². The van der Waals surface area contributed by atoms with Crippen LogP contribution in [0.2, 0.25) is 5.02 Å². The minimum atomic E-state index is -0.803. The van der Waals surface area contributed by atoms with Crippen molar-refractivity contribution in [1.29, 1.82) is 0 Å². The minimum absolute atomic E-state index is 0.0393. The van der Waals surface area contributed by atoms with Crippen LogP contribution in [-0.4, -0.2) is 15.3 Å². The van der Waals surface area contributed by atoms with Crippen LogP contribution in [0.4, 0.5) is 8.78 Å². The first kappa shape index (κ1) is 18.9. The molecule has 0 N–H and O–H groups in total. The van der Waals surface area contributed by atoms with Crippen LogP contribution in [0.15, 0.2) is 59.7 Å². The summed E-state index contributed by atoms with van der Waals surface area (Å²) in [5.74, 6) is -2.38. The fraction of sp³-hybridized carbons (Fsp3) is 0.150. The summed E-state index contributed by atoms with van der Waals surface area (Å²) >= 11 is 5.73. The van der Waals surface area contributed by atoms with Gasteiger partial charge in [-0.15, -0.1) is 0 Å². The van der Waals surface area contributed by atoms with Crippen molar-refractivity contribution in [3.05, 3.63) is 98.7 Å². The summed E-state index contributed by atoms with van der Waals surface area (Å²) in [5.41, 5.74) is 0.469. The summed E-state index contributed by atoms with van der Waals surface area (Å²) in [6.45, 7) is 0. The van der Waals surface area contributed by atoms with Gasteiger partial charge >= 0.3 is 0 Å². The lowest BCUT2D eigenvalue weighted by molar-refractivity contribution is 0.0976. The van der Waals surface area contributed by atoms with Gasteiger partial charge in [0, 0.05) is 43.4 Å². The number of carbonyl (C=O) groups is 1. The number of pyridine rings is 2. The van der Waals surface area contributed by atoms with Crippen LogP contribution < -0.4 is 5.56 Å². The molecule has 7 heteroatoms. The Hall–Kier alpha value is -2.86. The molecule has 0 fully saturated rings. The third-order valence-corrected chi connectivity index (χ3v) is 4.57. The Morgan fingerprint density at radius 3 is 2.63 bits per heavy atom. The van der Waals surface area contributed by atoms with Crippen molar-refractivity contribution in [3.8, 4) is 0 Å². The van der Waals surface area contributed by atoms with Crippen LogP contribution >= 0.6 is 11.6 Å². The van der Waals surface area contributed by atoms with Gasteiger partial charge in [-0.1, -0.05) is 17.7 Å². The Morgan fingerprint density at radius 1 is 1.19 bits per heavy atom. The van der Waals surface area contributed by atoms with Gasteiger partial charge in [-0.25, -0.2) is 8.78 Å². The molecule has 4 nitrogen and oxygen atoms in total. The van der Waals surface area contributed by atoms with Gasteiger partial charge in [0.15, 0.2) is 5.78 Å². The monoisotopic (exact) mass is 388 g/mol. The Labute approximate surface area is 159 Å². The fourth-order valence-corrected chi connectivity index (χ4v) is 2.94. The molecular formula is C20H15ClF2N2O2. The number of aromatic nitrogens is 2. The predicted octanol–water partition coefficient (Wildman–Crippen LogP) is 4.12. The number of halogens is 3. The van der Waals surface area contributed by atoms with Gasteiger partial charge in [0.1, 0.15) is 11.6 Å². The van der Waals surface area contributed by atoms with Gasteiger partial charge in [-0.2, -0.15) is 0 Å². The largest absolute Gasteiger partial charge is 0.318 e. The van der Waals surface area contributed by atoms with Crippen molar-refractivity contribution in [1.82, 2.24) is 9.55 Å². The van der Waals surface area contributed by atoms with Crippen molar-refractivity contribution < 1.29 is 13.6 Å². The zero-order chi connectivity index (χ0) is 19.6. The predicted molar refractivity (Wildman–Crippen MR) is 98.1 cm³/mol. The maximum absolute atomic E-state index is 14.3. The Bertz CT molecular complexity index is 1070. The molecule has 0 aliphatic rings. The van der Waals surface area contributed by atoms with E-state index in [-0.39, 0.29) is 28.5 Å². The normalized spacial score (nSPS) is 12.0. The van der Waals surface area contributed by atoms with E-state index in [1.165, 1.54) is 66.5 Å². The van der Waals surface area contributed by atoms with E-state index in [9.17, 15) is 18.4 Å². The second-order valence-corrected chi connectivity index (χ2v) is 6.50. The van der Waals surface area contributed by atoms with E-state index in [4.69, 9.17) is 11.6 Å². The number of aryl methyl sites for hydroxylation is 1. The quantitative estimate of drug-likeness (QED) is 0.618. The number of hydrogen-bond acceptors (Lipinski definition) is 3. The van der Waals surface area contributed by atoms with Gasteiger partial charge in [-0.3, -0.25) is 14.6 Å². The van der Waals surface area contributed by atoms with Gasteiger partial charge in [0.05, 0.1) is 10.7 Å². The first-order valence-electron chi connectivity index (χ1n) is 8.12. The molecule has 3 aromatic rings. The minimum Gasteiger partial charge on any atom is -0.318 e. The first-order chi connectivity index (χ1) is 12.9. The number of hydrogen-bond donors (Lipinski definition) is 0. The number of rotatable bonds is 5. The first-order valence-corrected chi connectivity index (χ1v) is 8.50. The van der Waals surface area contributed by atoms with Crippen LogP contribution in [0, 0.1) is 11.6 Å². The van der Waals surface area contributed by atoms with Gasteiger partial charge in [0.2, 0.25) is 5.56 Å². The van der Waals surface area contributed by atoms with Crippen molar-refractivity contribution in [2.24, 2.45) is 7.05 Å². The molecule has 0 amide bonds. The summed E-state index contributed by atoms with van der Waals surface area (Å²) in [6.07, 6.45) is 2.68. The molecule has 2 heterocycles. The Kier molecular flexibility index (Phi) is 5.46. The molecule has 0 spiro atoms. The van der Waals surface area contributed by atoms with Crippen LogP contribution in [-0.2, 0) is 7.05 Å². The highest BCUT2D eigenvalue weighted by molar-refractivity contribution is 6.30. The van der Waals surface area contributed by atoms with E-state index in [1.54, 1.807) is 0 Å². The van der Waals surface area contributed by atoms with E-state index in [0.29, 0.717) is 11.1 Å². The summed E-state index contributed by atoms with van der Waals surface area (Å²) in [6, 6.07) is 9.44. The van der Waals surface area contributed by atoms with Crippen molar-refractivity contribution in [3.63, 3.8) is 0 Å².